The fourth-order valence-electron chi connectivity index (χ4n) is 3.99. The molecule has 0 fully saturated rings. The van der Waals surface area contributed by atoms with E-state index in [0.29, 0.717) is 17.1 Å². The summed E-state index contributed by atoms with van der Waals surface area (Å²) in [7, 11) is 3.01. The Morgan fingerprint density at radius 1 is 1.15 bits per heavy atom. The van der Waals surface area contributed by atoms with Gasteiger partial charge in [0.15, 0.2) is 0 Å². The molecule has 4 rings (SSSR count). The Hall–Kier alpha value is -4.26. The summed E-state index contributed by atoms with van der Waals surface area (Å²) in [6.45, 7) is 7.53. The number of hydrogen-bond acceptors (Lipinski definition) is 7. The monoisotopic (exact) mass is 542 g/mol. The van der Waals surface area contributed by atoms with Crippen LogP contribution >= 0.6 is 0 Å². The molecule has 3 heterocycles. The number of carbonyl (C=O) groups excluding carboxylic acids is 1. The van der Waals surface area contributed by atoms with E-state index in [2.05, 4.69) is 31.0 Å². The maximum Gasteiger partial charge on any atom is 0.420 e. The number of nitrogens with one attached hydrogen (secondary N) is 2. The van der Waals surface area contributed by atoms with Gasteiger partial charge in [0.25, 0.3) is 5.91 Å². The van der Waals surface area contributed by atoms with Gasteiger partial charge in [0.1, 0.15) is 11.4 Å². The molecule has 2 N–H and O–H groups in total. The summed E-state index contributed by atoms with van der Waals surface area (Å²) in [5.41, 5.74) is 2.79. The van der Waals surface area contributed by atoms with Gasteiger partial charge in [0.2, 0.25) is 0 Å². The van der Waals surface area contributed by atoms with Crippen LogP contribution in [-0.4, -0.2) is 48.8 Å². The number of amides is 1. The van der Waals surface area contributed by atoms with Crippen LogP contribution in [0.25, 0.3) is 16.9 Å². The van der Waals surface area contributed by atoms with E-state index in [1.807, 2.05) is 27.8 Å². The average molecular weight is 543 g/mol. The quantitative estimate of drug-likeness (QED) is 0.338. The minimum Gasteiger partial charge on any atom is -0.496 e. The van der Waals surface area contributed by atoms with Crippen molar-refractivity contribution in [2.45, 2.75) is 46.5 Å². The fraction of sp³-hybridized carbons (Fsp3) is 0.346. The number of methoxy groups -OCH3 is 1. The highest BCUT2D eigenvalue weighted by molar-refractivity contribution is 6.04. The number of anilines is 1. The Balaban J connectivity index is 1.65. The summed E-state index contributed by atoms with van der Waals surface area (Å²) in [5, 5.41) is 18.3. The van der Waals surface area contributed by atoms with Gasteiger partial charge in [-0.05, 0) is 32.0 Å². The summed E-state index contributed by atoms with van der Waals surface area (Å²) >= 11 is 0. The molecule has 4 aromatic rings. The van der Waals surface area contributed by atoms with Crippen LogP contribution in [0.15, 0.2) is 36.8 Å². The summed E-state index contributed by atoms with van der Waals surface area (Å²) in [6, 6.07) is 3.91. The summed E-state index contributed by atoms with van der Waals surface area (Å²) in [6.07, 6.45) is 0.0534. The Morgan fingerprint density at radius 2 is 1.90 bits per heavy atom. The molecule has 0 unspecified atom stereocenters. The Labute approximate surface area is 223 Å². The van der Waals surface area contributed by atoms with Gasteiger partial charge in [0.05, 0.1) is 42.0 Å². The predicted molar refractivity (Wildman–Crippen MR) is 139 cm³/mol. The van der Waals surface area contributed by atoms with Crippen molar-refractivity contribution in [3.05, 3.63) is 64.9 Å². The molecule has 0 bridgehead atoms. The Morgan fingerprint density at radius 3 is 2.51 bits per heavy atom. The van der Waals surface area contributed by atoms with E-state index >= 15 is 0 Å². The van der Waals surface area contributed by atoms with Crippen LogP contribution in [0.2, 0.25) is 0 Å². The lowest BCUT2D eigenvalue weighted by molar-refractivity contribution is -0.138. The summed E-state index contributed by atoms with van der Waals surface area (Å²) < 4.78 is 49.9. The Bertz CT molecular complexity index is 1510. The van der Waals surface area contributed by atoms with Crippen molar-refractivity contribution in [3.63, 3.8) is 0 Å². The van der Waals surface area contributed by atoms with Crippen molar-refractivity contribution in [1.29, 1.82) is 0 Å². The first-order valence-corrected chi connectivity index (χ1v) is 12.1. The topological polar surface area (TPSA) is 112 Å². The minimum atomic E-state index is -4.69. The molecule has 0 spiro atoms. The highest BCUT2D eigenvalue weighted by atomic mass is 19.4. The van der Waals surface area contributed by atoms with Gasteiger partial charge < -0.3 is 15.4 Å². The van der Waals surface area contributed by atoms with Crippen LogP contribution < -0.4 is 15.4 Å². The molecule has 10 nitrogen and oxygen atoms in total. The number of benzene rings is 1. The van der Waals surface area contributed by atoms with Crippen LogP contribution in [-0.2, 0) is 19.8 Å². The number of rotatable bonds is 8. The van der Waals surface area contributed by atoms with Gasteiger partial charge >= 0.3 is 6.18 Å². The van der Waals surface area contributed by atoms with Crippen molar-refractivity contribution in [3.8, 4) is 22.7 Å². The summed E-state index contributed by atoms with van der Waals surface area (Å²) in [4.78, 5) is 17.4. The maximum absolute atomic E-state index is 13.8. The fourth-order valence-corrected chi connectivity index (χ4v) is 3.99. The highest BCUT2D eigenvalue weighted by Gasteiger charge is 2.36. The second-order valence-corrected chi connectivity index (χ2v) is 9.35. The molecule has 0 saturated heterocycles. The number of aromatic nitrogens is 6. The third-order valence-electron chi connectivity index (χ3n) is 6.21. The summed E-state index contributed by atoms with van der Waals surface area (Å²) in [5.74, 6) is -0.924. The molecule has 39 heavy (non-hydrogen) atoms. The molecular weight excluding hydrogens is 513 g/mol. The van der Waals surface area contributed by atoms with Gasteiger partial charge in [-0.25, -0.2) is 4.68 Å². The lowest BCUT2D eigenvalue weighted by atomic mass is 10.1. The normalized spacial score (nSPS) is 11.7. The van der Waals surface area contributed by atoms with E-state index < -0.39 is 17.6 Å². The zero-order valence-electron chi connectivity index (χ0n) is 22.4. The van der Waals surface area contributed by atoms with E-state index in [9.17, 15) is 18.0 Å². The van der Waals surface area contributed by atoms with E-state index in [4.69, 9.17) is 4.74 Å². The molecular formula is C26H29F3N8O2. The number of ether oxygens (including phenoxy) is 1. The van der Waals surface area contributed by atoms with E-state index in [1.54, 1.807) is 30.1 Å². The first kappa shape index (κ1) is 27.8. The average Bonchev–Trinajstić information content (AvgIpc) is 3.48. The number of aryl methyl sites for hydroxylation is 2. The van der Waals surface area contributed by atoms with Crippen LogP contribution in [0.3, 0.4) is 0 Å². The van der Waals surface area contributed by atoms with Crippen LogP contribution in [0.5, 0.6) is 5.75 Å². The van der Waals surface area contributed by atoms with E-state index in [1.165, 1.54) is 24.1 Å². The lowest BCUT2D eigenvalue weighted by Gasteiger charge is -2.19. The van der Waals surface area contributed by atoms with E-state index in [-0.39, 0.29) is 35.2 Å². The molecule has 0 aliphatic carbocycles. The molecule has 1 amide bonds. The number of nitrogens with zero attached hydrogens (tertiary/aromatic N) is 6. The second kappa shape index (κ2) is 10.8. The standard InChI is InChI=1S/C26H29F3N8O2/c1-14(2)30-10-17-7-19(9-21(24(17)39-6)26(27,28)29)33-25(38)18-8-23(15(3)31-11-18)37-13-22(34-35-37)20-12-32-36(5)16(20)4/h7-9,11-14,30H,10H2,1-6H3,(H,33,38). The molecule has 13 heteroatoms. The number of carbonyl (C=O) groups is 1. The SMILES string of the molecule is COc1c(CNC(C)C)cc(NC(=O)c2cnc(C)c(-n3cc(-c4cnn(C)c4C)nn3)c2)cc1C(F)(F)F. The minimum absolute atomic E-state index is 0.0223. The van der Waals surface area contributed by atoms with Crippen molar-refractivity contribution in [1.82, 2.24) is 35.1 Å². The van der Waals surface area contributed by atoms with Crippen molar-refractivity contribution < 1.29 is 22.7 Å². The zero-order chi connectivity index (χ0) is 28.5. The van der Waals surface area contributed by atoms with Gasteiger partial charge in [0, 0.05) is 48.3 Å². The number of hydrogen-bond donors (Lipinski definition) is 2. The van der Waals surface area contributed by atoms with Crippen molar-refractivity contribution in [2.75, 3.05) is 12.4 Å². The highest BCUT2D eigenvalue weighted by Crippen LogP contribution is 2.40. The maximum atomic E-state index is 13.8. The molecule has 0 aliphatic rings. The number of alkyl halides is 3. The zero-order valence-corrected chi connectivity index (χ0v) is 22.4. The van der Waals surface area contributed by atoms with Crippen LogP contribution in [0.4, 0.5) is 18.9 Å². The molecule has 3 aromatic heterocycles. The molecule has 206 valence electrons. The molecule has 0 radical (unpaired) electrons. The largest absolute Gasteiger partial charge is 0.496 e. The smallest absolute Gasteiger partial charge is 0.420 e. The van der Waals surface area contributed by atoms with Gasteiger partial charge in [-0.3, -0.25) is 14.5 Å². The molecule has 0 saturated carbocycles. The Kier molecular flexibility index (Phi) is 7.72. The molecule has 0 aliphatic heterocycles. The van der Waals surface area contributed by atoms with Gasteiger partial charge in [-0.15, -0.1) is 5.10 Å². The third-order valence-corrected chi connectivity index (χ3v) is 6.21. The predicted octanol–water partition coefficient (Wildman–Crippen LogP) is 4.46. The molecule has 1 aromatic carbocycles. The van der Waals surface area contributed by atoms with Gasteiger partial charge in [-0.1, -0.05) is 19.1 Å². The molecule has 0 atom stereocenters. The first-order chi connectivity index (χ1) is 18.4. The first-order valence-electron chi connectivity index (χ1n) is 12.1. The van der Waals surface area contributed by atoms with Crippen molar-refractivity contribution >= 4 is 11.6 Å². The number of pyridine rings is 1. The number of halogens is 3. The van der Waals surface area contributed by atoms with Crippen LogP contribution in [0.1, 0.15) is 46.7 Å². The second-order valence-electron chi connectivity index (χ2n) is 9.35. The lowest BCUT2D eigenvalue weighted by Crippen LogP contribution is -2.23. The van der Waals surface area contributed by atoms with Crippen LogP contribution in [0, 0.1) is 13.8 Å². The van der Waals surface area contributed by atoms with Crippen molar-refractivity contribution in [2.24, 2.45) is 7.05 Å². The third kappa shape index (κ3) is 5.93. The van der Waals surface area contributed by atoms with Gasteiger partial charge in [-0.2, -0.15) is 18.3 Å². The van der Waals surface area contributed by atoms with E-state index in [0.717, 1.165) is 17.3 Å².